The first-order valence-corrected chi connectivity index (χ1v) is 12.8. The Balaban J connectivity index is 1.70. The molecule has 0 saturated heterocycles. The molecule has 0 radical (unpaired) electrons. The lowest BCUT2D eigenvalue weighted by Crippen LogP contribution is -2.30. The highest BCUT2D eigenvalue weighted by Crippen LogP contribution is 2.65. The lowest BCUT2D eigenvalue weighted by atomic mass is 9.92. The summed E-state index contributed by atoms with van der Waals surface area (Å²) >= 11 is 18.7. The van der Waals surface area contributed by atoms with Gasteiger partial charge in [0.25, 0.3) is 0 Å². The van der Waals surface area contributed by atoms with E-state index in [1.807, 2.05) is 36.4 Å². The summed E-state index contributed by atoms with van der Waals surface area (Å²) < 4.78 is 31.1. The lowest BCUT2D eigenvalue weighted by molar-refractivity contribution is -0.0211. The minimum absolute atomic E-state index is 0.558. The molecule has 0 N–H and O–H groups in total. The zero-order valence-corrected chi connectivity index (χ0v) is 19.7. The van der Waals surface area contributed by atoms with Crippen LogP contribution in [0.25, 0.3) is 0 Å². The van der Waals surface area contributed by atoms with E-state index in [9.17, 15) is 4.57 Å². The Kier molecular flexibility index (Phi) is 6.87. The van der Waals surface area contributed by atoms with Crippen molar-refractivity contribution in [3.05, 3.63) is 69.7 Å². The Morgan fingerprint density at radius 3 is 1.40 bits per heavy atom. The Hall–Kier alpha value is -0.580. The first-order chi connectivity index (χ1) is 14.4. The first-order valence-electron chi connectivity index (χ1n) is 10.2. The number of phosphoric acid groups is 1. The van der Waals surface area contributed by atoms with Crippen molar-refractivity contribution >= 4 is 42.9 Å². The van der Waals surface area contributed by atoms with E-state index in [0.717, 1.165) is 36.8 Å². The number of benzene rings is 2. The number of rotatable bonds is 7. The molecule has 0 amide bonds. The molecule has 2 aromatic carbocycles. The van der Waals surface area contributed by atoms with Crippen molar-refractivity contribution in [2.75, 3.05) is 0 Å². The molecule has 4 rings (SSSR count). The van der Waals surface area contributed by atoms with E-state index >= 15 is 0 Å². The van der Waals surface area contributed by atoms with E-state index in [1.54, 1.807) is 12.1 Å². The van der Waals surface area contributed by atoms with Crippen LogP contribution in [-0.4, -0.2) is 0 Å². The molecular weight excluding hydrogens is 466 g/mol. The molecule has 2 fully saturated rings. The molecule has 8 heteroatoms. The third-order valence-electron chi connectivity index (χ3n) is 6.21. The van der Waals surface area contributed by atoms with Crippen LogP contribution < -0.4 is 0 Å². The molecule has 162 valence electrons. The summed E-state index contributed by atoms with van der Waals surface area (Å²) in [5, 5.41) is 1.12. The molecule has 0 aromatic heterocycles. The zero-order chi connectivity index (χ0) is 21.2. The Morgan fingerprint density at radius 1 is 0.700 bits per heavy atom. The number of hydrogen-bond acceptors (Lipinski definition) is 4. The number of halogens is 3. The van der Waals surface area contributed by atoms with Gasteiger partial charge in [0, 0.05) is 21.2 Å². The van der Waals surface area contributed by atoms with Gasteiger partial charge < -0.3 is 0 Å². The molecule has 30 heavy (non-hydrogen) atoms. The number of phosphoric ester groups is 1. The van der Waals surface area contributed by atoms with Crippen LogP contribution in [-0.2, 0) is 28.9 Å². The maximum absolute atomic E-state index is 13.8. The third-order valence-corrected chi connectivity index (χ3v) is 8.69. The second-order valence-corrected chi connectivity index (χ2v) is 10.7. The highest BCUT2D eigenvalue weighted by atomic mass is 35.5. The Labute approximate surface area is 192 Å². The maximum Gasteiger partial charge on any atom is 0.493 e. The Bertz CT molecular complexity index is 868. The molecular formula is C22H24Cl3O4P. The van der Waals surface area contributed by atoms with Crippen molar-refractivity contribution < 1.29 is 17.7 Å². The van der Waals surface area contributed by atoms with E-state index in [2.05, 4.69) is 0 Å². The second-order valence-electron chi connectivity index (χ2n) is 8.06. The van der Waals surface area contributed by atoms with Gasteiger partial charge in [-0.3, -0.25) is 9.05 Å². The topological polar surface area (TPSA) is 44.8 Å². The first kappa shape index (κ1) is 22.6. The van der Waals surface area contributed by atoms with Gasteiger partial charge in [0.15, 0.2) is 0 Å². The zero-order valence-electron chi connectivity index (χ0n) is 16.5. The van der Waals surface area contributed by atoms with Crippen LogP contribution in [0.5, 0.6) is 0 Å². The monoisotopic (exact) mass is 488 g/mol. The molecule has 0 spiro atoms. The van der Waals surface area contributed by atoms with E-state index in [4.69, 9.17) is 48.2 Å². The fourth-order valence-electron chi connectivity index (χ4n) is 4.85. The van der Waals surface area contributed by atoms with Crippen molar-refractivity contribution in [3.8, 4) is 0 Å². The number of hydrogen-bond donors (Lipinski definition) is 0. The molecule has 0 heterocycles. The Morgan fingerprint density at radius 2 is 1.07 bits per heavy atom. The van der Waals surface area contributed by atoms with E-state index in [1.165, 1.54) is 0 Å². The van der Waals surface area contributed by atoms with Gasteiger partial charge in [-0.15, -0.1) is 0 Å². The fourth-order valence-corrected chi connectivity index (χ4v) is 7.14. The summed E-state index contributed by atoms with van der Waals surface area (Å²) in [7, 11) is -4.15. The highest BCUT2D eigenvalue weighted by molar-refractivity contribution is 7.49. The molecule has 2 saturated carbocycles. The summed E-state index contributed by atoms with van der Waals surface area (Å²) in [5.74, 6) is 0. The predicted octanol–water partition coefficient (Wildman–Crippen LogP) is 8.54. The van der Waals surface area contributed by atoms with Crippen LogP contribution in [0.15, 0.2) is 48.5 Å². The molecule has 0 atom stereocenters. The standard InChI is InChI=1S/C22H24Cl3O4P/c23-19-11-3-1-9-17(19)21(13-5-6-14-21)27-30(26,29-25)28-22(15-7-8-16-22)18-10-2-4-12-20(18)24/h1-4,9-12H,5-8,13-16H2. The molecule has 2 aliphatic carbocycles. The SMILES string of the molecule is O=P(OCl)(OC1(c2ccccc2Cl)CCCC1)OC1(c2ccccc2Cl)CCCC1. The van der Waals surface area contributed by atoms with Gasteiger partial charge in [-0.25, -0.2) is 4.57 Å². The average Bonchev–Trinajstić information content (AvgIpc) is 3.39. The van der Waals surface area contributed by atoms with Crippen LogP contribution in [0.1, 0.15) is 62.5 Å². The quantitative estimate of drug-likeness (QED) is 0.365. The smallest absolute Gasteiger partial charge is 0.274 e. The normalized spacial score (nSPS) is 20.5. The van der Waals surface area contributed by atoms with Crippen molar-refractivity contribution in [3.63, 3.8) is 0 Å². The second kappa shape index (κ2) is 9.11. The summed E-state index contributed by atoms with van der Waals surface area (Å²) in [6.07, 6.45) is 6.30. The minimum Gasteiger partial charge on any atom is -0.274 e. The van der Waals surface area contributed by atoms with Crippen LogP contribution in [0.2, 0.25) is 10.0 Å². The summed E-state index contributed by atoms with van der Waals surface area (Å²) in [6.45, 7) is 0. The molecule has 2 aromatic rings. The maximum atomic E-state index is 13.8. The van der Waals surface area contributed by atoms with Crippen molar-refractivity contribution in [2.45, 2.75) is 62.6 Å². The largest absolute Gasteiger partial charge is 0.493 e. The lowest BCUT2D eigenvalue weighted by Gasteiger charge is -2.37. The van der Waals surface area contributed by atoms with Crippen LogP contribution in [0.3, 0.4) is 0 Å². The van der Waals surface area contributed by atoms with Crippen molar-refractivity contribution in [1.29, 1.82) is 0 Å². The molecule has 2 aliphatic rings. The van der Waals surface area contributed by atoms with Gasteiger partial charge in [-0.05, 0) is 37.8 Å². The highest BCUT2D eigenvalue weighted by Gasteiger charge is 2.51. The van der Waals surface area contributed by atoms with Gasteiger partial charge in [-0.1, -0.05) is 85.3 Å². The summed E-state index contributed by atoms with van der Waals surface area (Å²) in [4.78, 5) is 0. The molecule has 0 unspecified atom stereocenters. The molecule has 4 nitrogen and oxygen atoms in total. The fraction of sp³-hybridized carbons (Fsp3) is 0.455. The van der Waals surface area contributed by atoms with Crippen molar-refractivity contribution in [1.82, 2.24) is 0 Å². The van der Waals surface area contributed by atoms with E-state index in [-0.39, 0.29) is 0 Å². The molecule has 0 aliphatic heterocycles. The van der Waals surface area contributed by atoms with Gasteiger partial charge in [-0.2, -0.15) is 4.08 Å². The van der Waals surface area contributed by atoms with Gasteiger partial charge in [0.05, 0.1) is 11.9 Å². The summed E-state index contributed by atoms with van der Waals surface area (Å²) in [5.41, 5.74) is -0.189. The van der Waals surface area contributed by atoms with E-state index in [0.29, 0.717) is 35.7 Å². The van der Waals surface area contributed by atoms with Crippen LogP contribution >= 0.6 is 42.9 Å². The molecule has 0 bridgehead atoms. The average molecular weight is 490 g/mol. The van der Waals surface area contributed by atoms with Gasteiger partial charge in [0.2, 0.25) is 0 Å². The minimum atomic E-state index is -4.15. The van der Waals surface area contributed by atoms with Crippen LogP contribution in [0.4, 0.5) is 0 Å². The summed E-state index contributed by atoms with van der Waals surface area (Å²) in [6, 6.07) is 14.9. The van der Waals surface area contributed by atoms with Gasteiger partial charge >= 0.3 is 7.82 Å². The van der Waals surface area contributed by atoms with Crippen LogP contribution in [0, 0.1) is 0 Å². The third kappa shape index (κ3) is 4.34. The van der Waals surface area contributed by atoms with E-state index < -0.39 is 19.0 Å². The van der Waals surface area contributed by atoms with Crippen molar-refractivity contribution in [2.24, 2.45) is 0 Å². The predicted molar refractivity (Wildman–Crippen MR) is 120 cm³/mol. The van der Waals surface area contributed by atoms with Gasteiger partial charge in [0.1, 0.15) is 11.2 Å².